The monoisotopic (exact) mass is 207 g/mol. The van der Waals surface area contributed by atoms with Crippen molar-refractivity contribution < 1.29 is 14.6 Å². The number of rotatable bonds is 5. The molecule has 0 atom stereocenters. The van der Waals surface area contributed by atoms with Crippen molar-refractivity contribution in [3.05, 3.63) is 30.1 Å². The highest BCUT2D eigenvalue weighted by Crippen LogP contribution is 2.12. The topological polar surface area (TPSA) is 59.4 Å². The lowest BCUT2D eigenvalue weighted by Crippen LogP contribution is -1.95. The van der Waals surface area contributed by atoms with Gasteiger partial charge in [0.1, 0.15) is 5.75 Å². The van der Waals surface area contributed by atoms with Crippen LogP contribution in [-0.4, -0.2) is 22.7 Å². The van der Waals surface area contributed by atoms with Gasteiger partial charge in [0.25, 0.3) is 0 Å². The SMILES string of the molecule is CCCOc1cncc(/C=C/C(=O)O)c1. The first-order valence-electron chi connectivity index (χ1n) is 4.71. The van der Waals surface area contributed by atoms with Crippen molar-refractivity contribution >= 4 is 12.0 Å². The van der Waals surface area contributed by atoms with Gasteiger partial charge in [-0.15, -0.1) is 0 Å². The smallest absolute Gasteiger partial charge is 0.328 e. The molecule has 0 amide bonds. The standard InChI is InChI=1S/C11H13NO3/c1-2-5-15-10-6-9(7-12-8-10)3-4-11(13)14/h3-4,6-8H,2,5H2,1H3,(H,13,14)/b4-3+. The first-order valence-corrected chi connectivity index (χ1v) is 4.71. The molecule has 1 N–H and O–H groups in total. The van der Waals surface area contributed by atoms with E-state index >= 15 is 0 Å². The van der Waals surface area contributed by atoms with Crippen LogP contribution in [0.25, 0.3) is 6.08 Å². The molecule has 1 rings (SSSR count). The molecule has 0 fully saturated rings. The zero-order valence-corrected chi connectivity index (χ0v) is 8.51. The van der Waals surface area contributed by atoms with Gasteiger partial charge >= 0.3 is 5.97 Å². The fourth-order valence-corrected chi connectivity index (χ4v) is 0.993. The van der Waals surface area contributed by atoms with Crippen LogP contribution < -0.4 is 4.74 Å². The number of carboxylic acids is 1. The fourth-order valence-electron chi connectivity index (χ4n) is 0.993. The molecule has 0 aliphatic rings. The molecular weight excluding hydrogens is 194 g/mol. The first-order chi connectivity index (χ1) is 7.22. The van der Waals surface area contributed by atoms with Crippen LogP contribution in [0.5, 0.6) is 5.75 Å². The number of ether oxygens (including phenoxy) is 1. The molecule has 0 spiro atoms. The third-order valence-electron chi connectivity index (χ3n) is 1.63. The van der Waals surface area contributed by atoms with Crippen LogP contribution in [0.4, 0.5) is 0 Å². The van der Waals surface area contributed by atoms with Gasteiger partial charge in [-0.05, 0) is 24.1 Å². The number of carbonyl (C=O) groups is 1. The molecule has 1 aromatic rings. The summed E-state index contributed by atoms with van der Waals surface area (Å²) in [6, 6.07) is 1.75. The summed E-state index contributed by atoms with van der Waals surface area (Å²) in [7, 11) is 0. The Kier molecular flexibility index (Phi) is 4.34. The van der Waals surface area contributed by atoms with E-state index in [9.17, 15) is 4.79 Å². The summed E-state index contributed by atoms with van der Waals surface area (Å²) in [6.45, 7) is 2.65. The van der Waals surface area contributed by atoms with Crippen LogP contribution in [0.2, 0.25) is 0 Å². The molecule has 0 saturated carbocycles. The van der Waals surface area contributed by atoms with E-state index in [1.807, 2.05) is 6.92 Å². The maximum Gasteiger partial charge on any atom is 0.328 e. The normalized spacial score (nSPS) is 10.5. The van der Waals surface area contributed by atoms with Crippen LogP contribution in [0, 0.1) is 0 Å². The lowest BCUT2D eigenvalue weighted by molar-refractivity contribution is -0.131. The minimum Gasteiger partial charge on any atom is -0.492 e. The Morgan fingerprint density at radius 2 is 2.40 bits per heavy atom. The molecule has 0 saturated heterocycles. The molecule has 1 heterocycles. The van der Waals surface area contributed by atoms with E-state index in [-0.39, 0.29) is 0 Å². The van der Waals surface area contributed by atoms with Crippen molar-refractivity contribution in [2.45, 2.75) is 13.3 Å². The van der Waals surface area contributed by atoms with Gasteiger partial charge < -0.3 is 9.84 Å². The minimum atomic E-state index is -0.977. The number of pyridine rings is 1. The van der Waals surface area contributed by atoms with Crippen LogP contribution in [0.3, 0.4) is 0 Å². The maximum absolute atomic E-state index is 10.3. The molecule has 4 heteroatoms. The highest BCUT2D eigenvalue weighted by Gasteiger charge is 1.95. The Balaban J connectivity index is 2.69. The quantitative estimate of drug-likeness (QED) is 0.750. The molecule has 0 aromatic carbocycles. The van der Waals surface area contributed by atoms with Gasteiger partial charge in [-0.25, -0.2) is 4.79 Å². The first kappa shape index (κ1) is 11.2. The summed E-state index contributed by atoms with van der Waals surface area (Å²) >= 11 is 0. The van der Waals surface area contributed by atoms with E-state index in [2.05, 4.69) is 4.98 Å². The Bertz CT molecular complexity index is 361. The Morgan fingerprint density at radius 3 is 3.07 bits per heavy atom. The Hall–Kier alpha value is -1.84. The van der Waals surface area contributed by atoms with Crippen molar-refractivity contribution in [2.75, 3.05) is 6.61 Å². The van der Waals surface area contributed by atoms with E-state index in [1.165, 1.54) is 6.08 Å². The number of aliphatic carboxylic acids is 1. The molecule has 80 valence electrons. The third kappa shape index (κ3) is 4.26. The molecule has 15 heavy (non-hydrogen) atoms. The summed E-state index contributed by atoms with van der Waals surface area (Å²) in [5.41, 5.74) is 0.714. The zero-order chi connectivity index (χ0) is 11.1. The van der Waals surface area contributed by atoms with Gasteiger partial charge in [0, 0.05) is 12.3 Å². The van der Waals surface area contributed by atoms with E-state index in [1.54, 1.807) is 18.5 Å². The van der Waals surface area contributed by atoms with E-state index in [0.29, 0.717) is 17.9 Å². The highest BCUT2D eigenvalue weighted by molar-refractivity contribution is 5.85. The van der Waals surface area contributed by atoms with E-state index in [0.717, 1.165) is 12.5 Å². The second kappa shape index (κ2) is 5.80. The van der Waals surface area contributed by atoms with Crippen LogP contribution in [-0.2, 0) is 4.79 Å². The Labute approximate surface area is 88.2 Å². The van der Waals surface area contributed by atoms with Gasteiger partial charge in [-0.1, -0.05) is 6.92 Å². The second-order valence-electron chi connectivity index (χ2n) is 2.97. The summed E-state index contributed by atoms with van der Waals surface area (Å²) in [6.07, 6.45) is 6.66. The summed E-state index contributed by atoms with van der Waals surface area (Å²) in [5, 5.41) is 8.45. The lowest BCUT2D eigenvalue weighted by Gasteiger charge is -2.03. The van der Waals surface area contributed by atoms with E-state index < -0.39 is 5.97 Å². The van der Waals surface area contributed by atoms with Gasteiger partial charge in [-0.2, -0.15) is 0 Å². The fraction of sp³-hybridized carbons (Fsp3) is 0.273. The van der Waals surface area contributed by atoms with Crippen molar-refractivity contribution in [2.24, 2.45) is 0 Å². The van der Waals surface area contributed by atoms with Crippen LogP contribution in [0.1, 0.15) is 18.9 Å². The summed E-state index contributed by atoms with van der Waals surface area (Å²) < 4.78 is 5.36. The molecule has 0 radical (unpaired) electrons. The van der Waals surface area contributed by atoms with Crippen molar-refractivity contribution in [3.63, 3.8) is 0 Å². The van der Waals surface area contributed by atoms with Crippen molar-refractivity contribution in [3.8, 4) is 5.75 Å². The molecule has 0 unspecified atom stereocenters. The lowest BCUT2D eigenvalue weighted by atomic mass is 10.2. The zero-order valence-electron chi connectivity index (χ0n) is 8.51. The second-order valence-corrected chi connectivity index (χ2v) is 2.97. The van der Waals surface area contributed by atoms with Gasteiger partial charge in [0.2, 0.25) is 0 Å². The molecule has 0 aliphatic carbocycles. The van der Waals surface area contributed by atoms with Gasteiger partial charge in [-0.3, -0.25) is 4.98 Å². The number of aromatic nitrogens is 1. The molecular formula is C11H13NO3. The number of hydrogen-bond acceptors (Lipinski definition) is 3. The predicted octanol–water partition coefficient (Wildman–Crippen LogP) is 1.97. The van der Waals surface area contributed by atoms with Crippen LogP contribution in [0.15, 0.2) is 24.5 Å². The maximum atomic E-state index is 10.3. The van der Waals surface area contributed by atoms with Crippen LogP contribution >= 0.6 is 0 Å². The molecule has 0 bridgehead atoms. The number of nitrogens with zero attached hydrogens (tertiary/aromatic N) is 1. The van der Waals surface area contributed by atoms with Crippen molar-refractivity contribution in [1.82, 2.24) is 4.98 Å². The van der Waals surface area contributed by atoms with Crippen molar-refractivity contribution in [1.29, 1.82) is 0 Å². The summed E-state index contributed by atoms with van der Waals surface area (Å²) in [4.78, 5) is 14.2. The number of carboxylic acid groups (broad SMARTS) is 1. The molecule has 1 aromatic heterocycles. The predicted molar refractivity (Wildman–Crippen MR) is 56.7 cm³/mol. The summed E-state index contributed by atoms with van der Waals surface area (Å²) in [5.74, 6) is -0.320. The third-order valence-corrected chi connectivity index (χ3v) is 1.63. The van der Waals surface area contributed by atoms with Gasteiger partial charge in [0.05, 0.1) is 12.8 Å². The largest absolute Gasteiger partial charge is 0.492 e. The van der Waals surface area contributed by atoms with Gasteiger partial charge in [0.15, 0.2) is 0 Å². The Morgan fingerprint density at radius 1 is 1.60 bits per heavy atom. The van der Waals surface area contributed by atoms with E-state index in [4.69, 9.17) is 9.84 Å². The minimum absolute atomic E-state index is 0.633. The highest BCUT2D eigenvalue weighted by atomic mass is 16.5. The molecule has 0 aliphatic heterocycles. The average Bonchev–Trinajstić information content (AvgIpc) is 2.24. The number of hydrogen-bond donors (Lipinski definition) is 1. The average molecular weight is 207 g/mol. The molecule has 4 nitrogen and oxygen atoms in total.